The number of aliphatic hydroxyl groups excluding tert-OH is 1. The number of hydrogen-bond acceptors (Lipinski definition) is 4. The van der Waals surface area contributed by atoms with Gasteiger partial charge < -0.3 is 10.4 Å². The molecule has 98 valence electrons. The summed E-state index contributed by atoms with van der Waals surface area (Å²) >= 11 is 0. The lowest BCUT2D eigenvalue weighted by Crippen LogP contribution is -2.13. The van der Waals surface area contributed by atoms with Gasteiger partial charge in [0.1, 0.15) is 5.82 Å². The molecule has 6 nitrogen and oxygen atoms in total. The molecule has 0 saturated heterocycles. The highest BCUT2D eigenvalue weighted by molar-refractivity contribution is 5.91. The van der Waals surface area contributed by atoms with Crippen LogP contribution >= 0.6 is 0 Å². The maximum absolute atomic E-state index is 13.2. The van der Waals surface area contributed by atoms with Gasteiger partial charge in [-0.25, -0.2) is 4.39 Å². The van der Waals surface area contributed by atoms with Crippen LogP contribution in [-0.2, 0) is 4.79 Å². The third-order valence-electron chi connectivity index (χ3n) is 2.07. The molecule has 0 heterocycles. The van der Waals surface area contributed by atoms with E-state index in [0.717, 1.165) is 0 Å². The summed E-state index contributed by atoms with van der Waals surface area (Å²) in [4.78, 5) is 20.7. The number of rotatable bonds is 5. The van der Waals surface area contributed by atoms with Gasteiger partial charge in [-0.3, -0.25) is 14.9 Å². The van der Waals surface area contributed by atoms with Crippen LogP contribution in [0.25, 0.3) is 0 Å². The molecule has 8 heteroatoms. The van der Waals surface area contributed by atoms with Crippen molar-refractivity contribution in [2.75, 3.05) is 11.9 Å². The molecule has 0 unspecified atom stereocenters. The molecule has 0 aliphatic carbocycles. The van der Waals surface area contributed by atoms with Crippen molar-refractivity contribution in [3.8, 4) is 0 Å². The van der Waals surface area contributed by atoms with E-state index in [2.05, 4.69) is 5.32 Å². The van der Waals surface area contributed by atoms with Crippen LogP contribution in [0.15, 0.2) is 12.1 Å². The fourth-order valence-corrected chi connectivity index (χ4v) is 1.23. The Morgan fingerprint density at radius 3 is 2.61 bits per heavy atom. The van der Waals surface area contributed by atoms with Crippen molar-refractivity contribution in [1.82, 2.24) is 0 Å². The number of carbonyl (C=O) groups excluding carboxylic acids is 1. The van der Waals surface area contributed by atoms with E-state index in [1.165, 1.54) is 0 Å². The predicted molar refractivity (Wildman–Crippen MR) is 58.0 cm³/mol. The largest absolute Gasteiger partial charge is 0.396 e. The van der Waals surface area contributed by atoms with Crippen LogP contribution in [0, 0.1) is 21.7 Å². The van der Waals surface area contributed by atoms with Gasteiger partial charge in [0.05, 0.1) is 10.6 Å². The van der Waals surface area contributed by atoms with Crippen molar-refractivity contribution in [3.05, 3.63) is 33.9 Å². The van der Waals surface area contributed by atoms with Gasteiger partial charge >= 0.3 is 5.69 Å². The Hall–Kier alpha value is -2.09. The molecule has 1 amide bonds. The molecular formula is C10H10F2N2O4. The van der Waals surface area contributed by atoms with E-state index in [1.807, 2.05) is 0 Å². The van der Waals surface area contributed by atoms with Crippen LogP contribution in [0.2, 0.25) is 0 Å². The first kappa shape index (κ1) is 14.0. The number of benzene rings is 1. The summed E-state index contributed by atoms with van der Waals surface area (Å²) in [5, 5.41) is 21.0. The highest BCUT2D eigenvalue weighted by Gasteiger charge is 2.19. The summed E-state index contributed by atoms with van der Waals surface area (Å²) in [6.07, 6.45) is 0.109. The fourth-order valence-electron chi connectivity index (χ4n) is 1.23. The number of aliphatic hydroxyl groups is 1. The lowest BCUT2D eigenvalue weighted by molar-refractivity contribution is -0.387. The van der Waals surface area contributed by atoms with Gasteiger partial charge in [0, 0.05) is 25.2 Å². The highest BCUT2D eigenvalue weighted by atomic mass is 19.1. The van der Waals surface area contributed by atoms with Gasteiger partial charge in [0.15, 0.2) is 0 Å². The van der Waals surface area contributed by atoms with Gasteiger partial charge in [-0.2, -0.15) is 4.39 Å². The molecule has 0 fully saturated rings. The lowest BCUT2D eigenvalue weighted by atomic mass is 10.2. The molecule has 18 heavy (non-hydrogen) atoms. The number of carbonyl (C=O) groups is 1. The van der Waals surface area contributed by atoms with Gasteiger partial charge in [0.2, 0.25) is 11.7 Å². The zero-order chi connectivity index (χ0) is 13.7. The van der Waals surface area contributed by atoms with Crippen LogP contribution in [-0.4, -0.2) is 22.5 Å². The van der Waals surface area contributed by atoms with E-state index < -0.39 is 33.8 Å². The molecule has 0 atom stereocenters. The number of nitrogens with one attached hydrogen (secondary N) is 1. The molecule has 1 aromatic rings. The zero-order valence-electron chi connectivity index (χ0n) is 9.15. The normalized spacial score (nSPS) is 10.2. The first-order chi connectivity index (χ1) is 8.45. The number of nitro groups is 1. The van der Waals surface area contributed by atoms with Crippen LogP contribution in [0.3, 0.4) is 0 Å². The van der Waals surface area contributed by atoms with Crippen LogP contribution in [0.1, 0.15) is 12.8 Å². The van der Waals surface area contributed by atoms with E-state index in [1.54, 1.807) is 0 Å². The minimum absolute atomic E-state index is 0.0683. The molecule has 1 aromatic carbocycles. The monoisotopic (exact) mass is 260 g/mol. The number of nitrogens with zero attached hydrogens (tertiary/aromatic N) is 1. The van der Waals surface area contributed by atoms with Crippen LogP contribution < -0.4 is 5.32 Å². The van der Waals surface area contributed by atoms with Crippen molar-refractivity contribution in [2.45, 2.75) is 12.8 Å². The fraction of sp³-hybridized carbons (Fsp3) is 0.300. The van der Waals surface area contributed by atoms with E-state index in [4.69, 9.17) is 5.11 Å². The van der Waals surface area contributed by atoms with Crippen molar-refractivity contribution >= 4 is 17.3 Å². The minimum atomic E-state index is -1.31. The van der Waals surface area contributed by atoms with Crippen molar-refractivity contribution in [3.63, 3.8) is 0 Å². The average molecular weight is 260 g/mol. The molecule has 0 aliphatic rings. The summed E-state index contributed by atoms with van der Waals surface area (Å²) in [5.41, 5.74) is -1.39. The maximum atomic E-state index is 13.2. The van der Waals surface area contributed by atoms with Crippen molar-refractivity contribution in [1.29, 1.82) is 0 Å². The summed E-state index contributed by atoms with van der Waals surface area (Å²) < 4.78 is 26.2. The molecule has 0 bridgehead atoms. The Kier molecular flexibility index (Phi) is 4.67. The Morgan fingerprint density at radius 1 is 1.39 bits per heavy atom. The molecular weight excluding hydrogens is 250 g/mol. The Balaban J connectivity index is 2.92. The summed E-state index contributed by atoms with van der Waals surface area (Å²) in [5.74, 6) is -3.04. The molecule has 0 aromatic heterocycles. The van der Waals surface area contributed by atoms with E-state index in [9.17, 15) is 23.7 Å². The van der Waals surface area contributed by atoms with Crippen molar-refractivity contribution < 1.29 is 23.6 Å². The van der Waals surface area contributed by atoms with Crippen molar-refractivity contribution in [2.24, 2.45) is 0 Å². The minimum Gasteiger partial charge on any atom is -0.396 e. The second-order valence-corrected chi connectivity index (χ2v) is 3.42. The first-order valence-corrected chi connectivity index (χ1v) is 5.00. The Bertz CT molecular complexity index is 479. The predicted octanol–water partition coefficient (Wildman–Crippen LogP) is 1.58. The average Bonchev–Trinajstić information content (AvgIpc) is 2.29. The second kappa shape index (κ2) is 6.01. The third kappa shape index (κ3) is 3.45. The smallest absolute Gasteiger partial charge is 0.307 e. The topological polar surface area (TPSA) is 92.5 Å². The summed E-state index contributed by atoms with van der Waals surface area (Å²) in [6, 6.07) is 0.946. The summed E-state index contributed by atoms with van der Waals surface area (Å²) in [7, 11) is 0. The lowest BCUT2D eigenvalue weighted by Gasteiger charge is -2.06. The quantitative estimate of drug-likeness (QED) is 0.621. The van der Waals surface area contributed by atoms with Crippen LogP contribution in [0.5, 0.6) is 0 Å². The number of halogens is 2. The second-order valence-electron chi connectivity index (χ2n) is 3.42. The first-order valence-electron chi connectivity index (χ1n) is 5.00. The Labute approximate surface area is 100 Å². The maximum Gasteiger partial charge on any atom is 0.307 e. The highest BCUT2D eigenvalue weighted by Crippen LogP contribution is 2.25. The SMILES string of the molecule is O=C(CCCO)Nc1cc([N+](=O)[O-])c(F)cc1F. The number of amides is 1. The van der Waals surface area contributed by atoms with E-state index in [-0.39, 0.29) is 19.4 Å². The van der Waals surface area contributed by atoms with E-state index in [0.29, 0.717) is 12.1 Å². The number of hydrogen-bond donors (Lipinski definition) is 2. The van der Waals surface area contributed by atoms with Gasteiger partial charge in [-0.05, 0) is 6.42 Å². The molecule has 1 rings (SSSR count). The van der Waals surface area contributed by atoms with Gasteiger partial charge in [0.25, 0.3) is 0 Å². The standard InChI is InChI=1S/C10H10F2N2O4/c11-6-4-7(12)9(14(17)18)5-8(6)13-10(16)2-1-3-15/h4-5,15H,1-3H2,(H,13,16). The molecule has 2 N–H and O–H groups in total. The third-order valence-corrected chi connectivity index (χ3v) is 2.07. The van der Waals surface area contributed by atoms with Gasteiger partial charge in [-0.1, -0.05) is 0 Å². The van der Waals surface area contributed by atoms with Crippen LogP contribution in [0.4, 0.5) is 20.2 Å². The zero-order valence-corrected chi connectivity index (χ0v) is 9.15. The van der Waals surface area contributed by atoms with E-state index >= 15 is 0 Å². The molecule has 0 aliphatic heterocycles. The molecule has 0 spiro atoms. The molecule has 0 saturated carbocycles. The Morgan fingerprint density at radius 2 is 2.06 bits per heavy atom. The van der Waals surface area contributed by atoms with Gasteiger partial charge in [-0.15, -0.1) is 0 Å². The number of nitro benzene ring substituents is 1. The summed E-state index contributed by atoms with van der Waals surface area (Å²) in [6.45, 7) is -0.209. The number of anilines is 1. The molecule has 0 radical (unpaired) electrons.